The predicted octanol–water partition coefficient (Wildman–Crippen LogP) is 1.39. The summed E-state index contributed by atoms with van der Waals surface area (Å²) in [5, 5.41) is 8.99. The lowest BCUT2D eigenvalue weighted by atomic mass is 10.3. The van der Waals surface area contributed by atoms with Crippen LogP contribution >= 0.6 is 0 Å². The Morgan fingerprint density at radius 2 is 2.00 bits per heavy atom. The Morgan fingerprint density at radius 3 is 2.31 bits per heavy atom. The van der Waals surface area contributed by atoms with E-state index in [1.807, 2.05) is 0 Å². The van der Waals surface area contributed by atoms with Crippen LogP contribution in [-0.4, -0.2) is 41.4 Å². The Morgan fingerprint density at radius 1 is 1.46 bits per heavy atom. The summed E-state index contributed by atoms with van der Waals surface area (Å²) in [5.41, 5.74) is 0. The standard InChI is InChI=1S/C8H14F3NO/c1-6(13)4-12(7-2-3-7)5-8(9,10)11/h6-7,13H,2-5H2,1H3/t6-/m0/s1. The van der Waals surface area contributed by atoms with Gasteiger partial charge in [0.05, 0.1) is 12.6 Å². The van der Waals surface area contributed by atoms with Gasteiger partial charge in [-0.15, -0.1) is 0 Å². The van der Waals surface area contributed by atoms with Crippen LogP contribution in [0.1, 0.15) is 19.8 Å². The lowest BCUT2D eigenvalue weighted by molar-refractivity contribution is -0.149. The highest BCUT2D eigenvalue weighted by atomic mass is 19.4. The highest BCUT2D eigenvalue weighted by Crippen LogP contribution is 2.29. The molecule has 1 fully saturated rings. The number of hydrogen-bond acceptors (Lipinski definition) is 2. The molecule has 0 heterocycles. The number of rotatable bonds is 4. The monoisotopic (exact) mass is 197 g/mol. The van der Waals surface area contributed by atoms with Crippen molar-refractivity contribution in [3.8, 4) is 0 Å². The predicted molar refractivity (Wildman–Crippen MR) is 42.3 cm³/mol. The second-order valence-electron chi connectivity index (χ2n) is 3.62. The molecule has 1 rings (SSSR count). The normalized spacial score (nSPS) is 20.8. The van der Waals surface area contributed by atoms with Crippen molar-refractivity contribution in [2.75, 3.05) is 13.1 Å². The Kier molecular flexibility index (Phi) is 3.18. The van der Waals surface area contributed by atoms with E-state index in [0.717, 1.165) is 12.8 Å². The first-order valence-electron chi connectivity index (χ1n) is 4.37. The number of aliphatic hydroxyl groups excluding tert-OH is 1. The van der Waals surface area contributed by atoms with Gasteiger partial charge in [0.2, 0.25) is 0 Å². The third kappa shape index (κ3) is 4.47. The van der Waals surface area contributed by atoms with E-state index in [9.17, 15) is 13.2 Å². The van der Waals surface area contributed by atoms with E-state index in [-0.39, 0.29) is 12.6 Å². The molecular formula is C8H14F3NO. The second kappa shape index (κ2) is 3.84. The summed E-state index contributed by atoms with van der Waals surface area (Å²) < 4.78 is 36.1. The molecule has 1 N–H and O–H groups in total. The fourth-order valence-corrected chi connectivity index (χ4v) is 1.35. The van der Waals surface area contributed by atoms with Gasteiger partial charge in [-0.05, 0) is 19.8 Å². The van der Waals surface area contributed by atoms with Crippen LogP contribution in [0.5, 0.6) is 0 Å². The van der Waals surface area contributed by atoms with Crippen LogP contribution in [0.2, 0.25) is 0 Å². The average molecular weight is 197 g/mol. The van der Waals surface area contributed by atoms with E-state index in [1.54, 1.807) is 0 Å². The maximum Gasteiger partial charge on any atom is 0.401 e. The fraction of sp³-hybridized carbons (Fsp3) is 1.00. The summed E-state index contributed by atoms with van der Waals surface area (Å²) in [7, 11) is 0. The first-order valence-corrected chi connectivity index (χ1v) is 4.37. The molecule has 1 atom stereocenters. The van der Waals surface area contributed by atoms with E-state index in [2.05, 4.69) is 0 Å². The molecule has 78 valence electrons. The zero-order chi connectivity index (χ0) is 10.1. The lowest BCUT2D eigenvalue weighted by Crippen LogP contribution is -2.39. The second-order valence-corrected chi connectivity index (χ2v) is 3.62. The topological polar surface area (TPSA) is 23.5 Å². The van der Waals surface area contributed by atoms with E-state index >= 15 is 0 Å². The molecule has 0 spiro atoms. The van der Waals surface area contributed by atoms with E-state index in [4.69, 9.17) is 5.11 Å². The number of nitrogens with zero attached hydrogens (tertiary/aromatic N) is 1. The molecule has 0 aromatic rings. The highest BCUT2D eigenvalue weighted by molar-refractivity contribution is 4.86. The van der Waals surface area contributed by atoms with Crippen molar-refractivity contribution in [1.82, 2.24) is 4.90 Å². The number of aliphatic hydroxyl groups is 1. The van der Waals surface area contributed by atoms with Gasteiger partial charge in [0.15, 0.2) is 0 Å². The van der Waals surface area contributed by atoms with E-state index in [1.165, 1.54) is 11.8 Å². The molecule has 0 unspecified atom stereocenters. The van der Waals surface area contributed by atoms with Crippen LogP contribution < -0.4 is 0 Å². The van der Waals surface area contributed by atoms with Crippen molar-refractivity contribution >= 4 is 0 Å². The molecule has 13 heavy (non-hydrogen) atoms. The van der Waals surface area contributed by atoms with Crippen molar-refractivity contribution in [1.29, 1.82) is 0 Å². The SMILES string of the molecule is C[C@H](O)CN(CC(F)(F)F)C1CC1. The summed E-state index contributed by atoms with van der Waals surface area (Å²) in [6.07, 6.45) is -3.20. The minimum absolute atomic E-state index is 0.0382. The van der Waals surface area contributed by atoms with Crippen molar-refractivity contribution in [2.45, 2.75) is 38.1 Å². The maximum absolute atomic E-state index is 12.0. The molecular weight excluding hydrogens is 183 g/mol. The van der Waals surface area contributed by atoms with Gasteiger partial charge in [0.1, 0.15) is 0 Å². The molecule has 1 aliphatic carbocycles. The smallest absolute Gasteiger partial charge is 0.392 e. The number of hydrogen-bond donors (Lipinski definition) is 1. The third-order valence-corrected chi connectivity index (χ3v) is 1.94. The van der Waals surface area contributed by atoms with Gasteiger partial charge < -0.3 is 5.11 Å². The van der Waals surface area contributed by atoms with Gasteiger partial charge in [-0.2, -0.15) is 13.2 Å². The summed E-state index contributed by atoms with van der Waals surface area (Å²) >= 11 is 0. The van der Waals surface area contributed by atoms with Gasteiger partial charge >= 0.3 is 6.18 Å². The van der Waals surface area contributed by atoms with Gasteiger partial charge in [0, 0.05) is 12.6 Å². The fourth-order valence-electron chi connectivity index (χ4n) is 1.35. The molecule has 5 heteroatoms. The van der Waals surface area contributed by atoms with Crippen LogP contribution in [0, 0.1) is 0 Å². The van der Waals surface area contributed by atoms with E-state index in [0.29, 0.717) is 0 Å². The summed E-state index contributed by atoms with van der Waals surface area (Å²) in [6.45, 7) is 0.721. The van der Waals surface area contributed by atoms with Crippen LogP contribution in [0.4, 0.5) is 13.2 Å². The zero-order valence-corrected chi connectivity index (χ0v) is 7.51. The number of halogens is 3. The third-order valence-electron chi connectivity index (χ3n) is 1.94. The maximum atomic E-state index is 12.0. The van der Waals surface area contributed by atoms with Gasteiger partial charge in [-0.3, -0.25) is 4.90 Å². The minimum Gasteiger partial charge on any atom is -0.392 e. The van der Waals surface area contributed by atoms with Crippen molar-refractivity contribution in [3.63, 3.8) is 0 Å². The molecule has 2 nitrogen and oxygen atoms in total. The van der Waals surface area contributed by atoms with Crippen molar-refractivity contribution < 1.29 is 18.3 Å². The average Bonchev–Trinajstić information content (AvgIpc) is 2.60. The lowest BCUT2D eigenvalue weighted by Gasteiger charge is -2.24. The highest BCUT2D eigenvalue weighted by Gasteiger charge is 2.38. The Bertz CT molecular complexity index is 165. The van der Waals surface area contributed by atoms with Gasteiger partial charge in [-0.1, -0.05) is 0 Å². The van der Waals surface area contributed by atoms with Crippen molar-refractivity contribution in [2.24, 2.45) is 0 Å². The van der Waals surface area contributed by atoms with Crippen LogP contribution in [-0.2, 0) is 0 Å². The molecule has 0 saturated heterocycles. The summed E-state index contributed by atoms with van der Waals surface area (Å²) in [4.78, 5) is 1.31. The first-order chi connectivity index (χ1) is 5.88. The molecule has 0 amide bonds. The molecule has 1 aliphatic rings. The molecule has 0 radical (unpaired) electrons. The van der Waals surface area contributed by atoms with Gasteiger partial charge in [-0.25, -0.2) is 0 Å². The van der Waals surface area contributed by atoms with Crippen LogP contribution in [0.15, 0.2) is 0 Å². The quantitative estimate of drug-likeness (QED) is 0.736. The van der Waals surface area contributed by atoms with E-state index < -0.39 is 18.8 Å². The first kappa shape index (κ1) is 10.8. The zero-order valence-electron chi connectivity index (χ0n) is 7.51. The molecule has 1 saturated carbocycles. The number of alkyl halides is 3. The molecule has 0 aliphatic heterocycles. The minimum atomic E-state index is -4.16. The molecule has 0 bridgehead atoms. The largest absolute Gasteiger partial charge is 0.401 e. The van der Waals surface area contributed by atoms with Crippen LogP contribution in [0.25, 0.3) is 0 Å². The van der Waals surface area contributed by atoms with Crippen molar-refractivity contribution in [3.05, 3.63) is 0 Å². The summed E-state index contributed by atoms with van der Waals surface area (Å²) in [6, 6.07) is 0.0382. The van der Waals surface area contributed by atoms with Gasteiger partial charge in [0.25, 0.3) is 0 Å². The Hall–Kier alpha value is -0.290. The molecule has 0 aromatic heterocycles. The van der Waals surface area contributed by atoms with Crippen LogP contribution in [0.3, 0.4) is 0 Å². The summed E-state index contributed by atoms with van der Waals surface area (Å²) in [5.74, 6) is 0. The Labute approximate surface area is 75.3 Å². The Balaban J connectivity index is 2.38. The molecule has 0 aromatic carbocycles.